The molecule has 0 aliphatic heterocycles. The first-order chi connectivity index (χ1) is 13.9. The molecule has 2 N–H and O–H groups in total. The maximum Gasteiger partial charge on any atom is 0.244 e. The zero-order valence-electron chi connectivity index (χ0n) is 16.5. The van der Waals surface area contributed by atoms with Crippen LogP contribution in [-0.2, 0) is 19.6 Å². The van der Waals surface area contributed by atoms with Crippen LogP contribution in [0.2, 0.25) is 0 Å². The lowest BCUT2D eigenvalue weighted by Gasteiger charge is -2.18. The number of rotatable bonds is 9. The van der Waals surface area contributed by atoms with Crippen molar-refractivity contribution in [1.29, 1.82) is 0 Å². The smallest absolute Gasteiger partial charge is 0.244 e. The van der Waals surface area contributed by atoms with E-state index in [1.807, 2.05) is 6.07 Å². The van der Waals surface area contributed by atoms with Gasteiger partial charge in [0.15, 0.2) is 0 Å². The SMILES string of the molecule is CCN(CC)S(=O)(=O)c1ccc(/C=C/C(=O)NCC(=O)Nc2ccccc2)cc1. The molecule has 2 aromatic rings. The Morgan fingerprint density at radius 3 is 2.17 bits per heavy atom. The van der Waals surface area contributed by atoms with Crippen molar-refractivity contribution in [1.82, 2.24) is 9.62 Å². The zero-order chi connectivity index (χ0) is 21.3. The highest BCUT2D eigenvalue weighted by Crippen LogP contribution is 2.16. The highest BCUT2D eigenvalue weighted by molar-refractivity contribution is 7.89. The van der Waals surface area contributed by atoms with Crippen molar-refractivity contribution < 1.29 is 18.0 Å². The first-order valence-corrected chi connectivity index (χ1v) is 10.7. The molecule has 0 spiro atoms. The molecule has 8 heteroatoms. The van der Waals surface area contributed by atoms with E-state index in [4.69, 9.17) is 0 Å². The molecule has 2 rings (SSSR count). The summed E-state index contributed by atoms with van der Waals surface area (Å²) in [5.74, 6) is -0.753. The Labute approximate surface area is 171 Å². The number of sulfonamides is 1. The minimum Gasteiger partial charge on any atom is -0.343 e. The molecule has 154 valence electrons. The molecular weight excluding hydrogens is 390 g/mol. The minimum absolute atomic E-state index is 0.154. The molecular formula is C21H25N3O4S. The fourth-order valence-corrected chi connectivity index (χ4v) is 4.05. The van der Waals surface area contributed by atoms with E-state index in [2.05, 4.69) is 10.6 Å². The Bertz CT molecular complexity index is 951. The van der Waals surface area contributed by atoms with Gasteiger partial charge < -0.3 is 10.6 Å². The lowest BCUT2D eigenvalue weighted by Crippen LogP contribution is -2.31. The van der Waals surface area contributed by atoms with Gasteiger partial charge in [-0.15, -0.1) is 0 Å². The van der Waals surface area contributed by atoms with E-state index in [0.29, 0.717) is 24.3 Å². The second-order valence-corrected chi connectivity index (χ2v) is 8.06. The number of hydrogen-bond donors (Lipinski definition) is 2. The van der Waals surface area contributed by atoms with Crippen LogP contribution in [0.5, 0.6) is 0 Å². The molecule has 0 atom stereocenters. The summed E-state index contributed by atoms with van der Waals surface area (Å²) in [6.45, 7) is 4.23. The summed E-state index contributed by atoms with van der Waals surface area (Å²) in [5.41, 5.74) is 1.33. The number of carbonyl (C=O) groups excluding carboxylic acids is 2. The van der Waals surface area contributed by atoms with Gasteiger partial charge in [0.05, 0.1) is 11.4 Å². The van der Waals surface area contributed by atoms with Gasteiger partial charge in [0, 0.05) is 24.9 Å². The average molecular weight is 416 g/mol. The van der Waals surface area contributed by atoms with Gasteiger partial charge in [-0.05, 0) is 35.9 Å². The summed E-state index contributed by atoms with van der Waals surface area (Å²) in [5, 5.41) is 5.17. The standard InChI is InChI=1S/C21H25N3O4S/c1-3-24(4-2)29(27,28)19-13-10-17(11-14-19)12-15-20(25)22-16-21(26)23-18-8-6-5-7-9-18/h5-15H,3-4,16H2,1-2H3,(H,22,25)(H,23,26)/b15-12+. The van der Waals surface area contributed by atoms with Crippen LogP contribution in [0.3, 0.4) is 0 Å². The van der Waals surface area contributed by atoms with Crippen LogP contribution in [0, 0.1) is 0 Å². The van der Waals surface area contributed by atoms with Crippen LogP contribution in [0.25, 0.3) is 6.08 Å². The third kappa shape index (κ3) is 6.55. The van der Waals surface area contributed by atoms with Gasteiger partial charge in [0.2, 0.25) is 21.8 Å². The molecule has 0 saturated carbocycles. The largest absolute Gasteiger partial charge is 0.343 e. The minimum atomic E-state index is -3.51. The third-order valence-electron chi connectivity index (χ3n) is 4.13. The number of anilines is 1. The molecule has 0 aromatic heterocycles. The molecule has 0 aliphatic rings. The van der Waals surface area contributed by atoms with Crippen LogP contribution in [-0.4, -0.2) is 44.2 Å². The van der Waals surface area contributed by atoms with E-state index in [1.54, 1.807) is 56.3 Å². The predicted molar refractivity (Wildman–Crippen MR) is 114 cm³/mol. The normalized spacial score (nSPS) is 11.6. The molecule has 2 aromatic carbocycles. The Morgan fingerprint density at radius 1 is 0.966 bits per heavy atom. The molecule has 0 aliphatic carbocycles. The van der Waals surface area contributed by atoms with E-state index in [0.717, 1.165) is 0 Å². The van der Waals surface area contributed by atoms with Crippen molar-refractivity contribution in [2.24, 2.45) is 0 Å². The Kier molecular flexibility index (Phi) is 8.11. The van der Waals surface area contributed by atoms with E-state index >= 15 is 0 Å². The lowest BCUT2D eigenvalue weighted by molar-refractivity contribution is -0.121. The van der Waals surface area contributed by atoms with Crippen molar-refractivity contribution in [3.05, 3.63) is 66.2 Å². The molecule has 0 saturated heterocycles. The first kappa shape index (κ1) is 22.3. The number of para-hydroxylation sites is 1. The van der Waals surface area contributed by atoms with Crippen molar-refractivity contribution in [3.63, 3.8) is 0 Å². The van der Waals surface area contributed by atoms with Crippen LogP contribution < -0.4 is 10.6 Å². The highest BCUT2D eigenvalue weighted by atomic mass is 32.2. The van der Waals surface area contributed by atoms with E-state index in [9.17, 15) is 18.0 Å². The summed E-state index contributed by atoms with van der Waals surface area (Å²) in [7, 11) is -3.51. The monoisotopic (exact) mass is 415 g/mol. The summed E-state index contributed by atoms with van der Waals surface area (Å²) in [4.78, 5) is 23.9. The van der Waals surface area contributed by atoms with E-state index < -0.39 is 15.9 Å². The van der Waals surface area contributed by atoms with Gasteiger partial charge in [-0.25, -0.2) is 8.42 Å². The summed E-state index contributed by atoms with van der Waals surface area (Å²) >= 11 is 0. The molecule has 0 heterocycles. The third-order valence-corrected chi connectivity index (χ3v) is 6.20. The summed E-state index contributed by atoms with van der Waals surface area (Å²) < 4.78 is 26.3. The number of carbonyl (C=O) groups is 2. The predicted octanol–water partition coefficient (Wildman–Crippen LogP) is 2.49. The van der Waals surface area contributed by atoms with Gasteiger partial charge in [0.25, 0.3) is 0 Å². The van der Waals surface area contributed by atoms with Crippen LogP contribution in [0.15, 0.2) is 65.6 Å². The van der Waals surface area contributed by atoms with Crippen molar-refractivity contribution in [2.75, 3.05) is 25.0 Å². The Hall–Kier alpha value is -2.97. The number of nitrogens with zero attached hydrogens (tertiary/aromatic N) is 1. The lowest BCUT2D eigenvalue weighted by atomic mass is 10.2. The topological polar surface area (TPSA) is 95.6 Å². The number of benzene rings is 2. The van der Waals surface area contributed by atoms with E-state index in [-0.39, 0.29) is 17.3 Å². The molecule has 0 unspecified atom stereocenters. The molecule has 0 bridgehead atoms. The summed E-state index contributed by atoms with van der Waals surface area (Å²) in [6, 6.07) is 15.2. The van der Waals surface area contributed by atoms with Gasteiger partial charge >= 0.3 is 0 Å². The molecule has 7 nitrogen and oxygen atoms in total. The van der Waals surface area contributed by atoms with Gasteiger partial charge in [-0.1, -0.05) is 44.2 Å². The van der Waals surface area contributed by atoms with Gasteiger partial charge in [-0.2, -0.15) is 4.31 Å². The maximum atomic E-state index is 12.5. The Balaban J connectivity index is 1.89. The number of amides is 2. The number of hydrogen-bond acceptors (Lipinski definition) is 4. The fourth-order valence-electron chi connectivity index (χ4n) is 2.59. The average Bonchev–Trinajstić information content (AvgIpc) is 2.72. The molecule has 29 heavy (non-hydrogen) atoms. The molecule has 2 amide bonds. The molecule has 0 fully saturated rings. The number of nitrogens with one attached hydrogen (secondary N) is 2. The molecule has 0 radical (unpaired) electrons. The Morgan fingerprint density at radius 2 is 1.59 bits per heavy atom. The van der Waals surface area contributed by atoms with E-state index in [1.165, 1.54) is 22.5 Å². The second kappa shape index (κ2) is 10.5. The van der Waals surface area contributed by atoms with Gasteiger partial charge in [-0.3, -0.25) is 9.59 Å². The van der Waals surface area contributed by atoms with Crippen molar-refractivity contribution in [3.8, 4) is 0 Å². The van der Waals surface area contributed by atoms with Crippen LogP contribution >= 0.6 is 0 Å². The van der Waals surface area contributed by atoms with Crippen molar-refractivity contribution >= 4 is 33.6 Å². The highest BCUT2D eigenvalue weighted by Gasteiger charge is 2.20. The second-order valence-electron chi connectivity index (χ2n) is 6.12. The zero-order valence-corrected chi connectivity index (χ0v) is 17.3. The fraction of sp³-hybridized carbons (Fsp3) is 0.238. The maximum absolute atomic E-state index is 12.5. The van der Waals surface area contributed by atoms with Crippen LogP contribution in [0.4, 0.5) is 5.69 Å². The van der Waals surface area contributed by atoms with Gasteiger partial charge in [0.1, 0.15) is 0 Å². The summed E-state index contributed by atoms with van der Waals surface area (Å²) in [6.07, 6.45) is 2.85. The first-order valence-electron chi connectivity index (χ1n) is 9.27. The van der Waals surface area contributed by atoms with Crippen LogP contribution in [0.1, 0.15) is 19.4 Å². The van der Waals surface area contributed by atoms with Crippen molar-refractivity contribution in [2.45, 2.75) is 18.7 Å². The quantitative estimate of drug-likeness (QED) is 0.615.